The van der Waals surface area contributed by atoms with Crippen LogP contribution in [0, 0.1) is 5.82 Å². The quantitative estimate of drug-likeness (QED) is 0.625. The van der Waals surface area contributed by atoms with Crippen molar-refractivity contribution >= 4 is 5.97 Å². The lowest BCUT2D eigenvalue weighted by Gasteiger charge is -2.12. The maximum Gasteiger partial charge on any atom is 0.362 e. The molecule has 0 spiro atoms. The molecule has 0 bridgehead atoms. The van der Waals surface area contributed by atoms with Gasteiger partial charge in [-0.05, 0) is 36.8 Å². The number of carbonyl (C=O) groups excluding carboxylic acids is 1. The first-order valence-corrected chi connectivity index (χ1v) is 8.32. The molecular weight excluding hydrogens is 351 g/mol. The van der Waals surface area contributed by atoms with Gasteiger partial charge in [-0.25, -0.2) is 9.18 Å². The van der Waals surface area contributed by atoms with Crippen molar-refractivity contribution in [1.29, 1.82) is 0 Å². The van der Waals surface area contributed by atoms with Crippen molar-refractivity contribution in [2.45, 2.75) is 13.5 Å². The predicted octanol–water partition coefficient (Wildman–Crippen LogP) is 3.13. The minimum Gasteiger partial charge on any atom is -0.486 e. The van der Waals surface area contributed by atoms with E-state index in [9.17, 15) is 14.0 Å². The molecule has 0 saturated heterocycles. The Hall–Kier alpha value is -3.48. The number of aromatic nitrogens is 2. The van der Waals surface area contributed by atoms with Gasteiger partial charge in [-0.1, -0.05) is 30.3 Å². The van der Waals surface area contributed by atoms with Crippen molar-refractivity contribution < 1.29 is 18.7 Å². The summed E-state index contributed by atoms with van der Waals surface area (Å²) in [6.45, 7) is 1.97. The van der Waals surface area contributed by atoms with E-state index in [0.29, 0.717) is 5.69 Å². The Balaban J connectivity index is 1.99. The summed E-state index contributed by atoms with van der Waals surface area (Å²) in [6.07, 6.45) is 0. The second-order valence-corrected chi connectivity index (χ2v) is 5.58. The first-order chi connectivity index (χ1) is 13.1. The SMILES string of the molecule is CCOC(=O)c1nn(-c2ccc(F)cc2)c(=O)cc1OCc1ccccc1. The highest BCUT2D eigenvalue weighted by molar-refractivity contribution is 5.90. The zero-order valence-corrected chi connectivity index (χ0v) is 14.6. The molecule has 0 aliphatic heterocycles. The summed E-state index contributed by atoms with van der Waals surface area (Å²) >= 11 is 0. The molecule has 0 fully saturated rings. The van der Waals surface area contributed by atoms with Crippen LogP contribution in [0.15, 0.2) is 65.5 Å². The number of hydrogen-bond acceptors (Lipinski definition) is 5. The molecule has 0 radical (unpaired) electrons. The van der Waals surface area contributed by atoms with E-state index in [1.54, 1.807) is 6.92 Å². The number of carbonyl (C=O) groups is 1. The molecule has 0 aliphatic rings. The number of benzene rings is 2. The molecule has 0 aliphatic carbocycles. The van der Waals surface area contributed by atoms with Crippen LogP contribution in [-0.2, 0) is 11.3 Å². The second kappa shape index (κ2) is 8.27. The van der Waals surface area contributed by atoms with Gasteiger partial charge in [0.1, 0.15) is 12.4 Å². The standard InChI is InChI=1S/C20H17FN2O4/c1-2-26-20(25)19-17(27-13-14-6-4-3-5-7-14)12-18(24)23(22-19)16-10-8-15(21)9-11-16/h3-12H,2,13H2,1H3. The van der Waals surface area contributed by atoms with Gasteiger partial charge in [-0.2, -0.15) is 9.78 Å². The molecule has 2 aromatic carbocycles. The highest BCUT2D eigenvalue weighted by atomic mass is 19.1. The molecule has 0 atom stereocenters. The summed E-state index contributed by atoms with van der Waals surface area (Å²) in [4.78, 5) is 24.7. The molecule has 0 N–H and O–H groups in total. The van der Waals surface area contributed by atoms with Crippen molar-refractivity contribution in [3.8, 4) is 11.4 Å². The van der Waals surface area contributed by atoms with Crippen LogP contribution < -0.4 is 10.3 Å². The third-order valence-electron chi connectivity index (χ3n) is 3.67. The Morgan fingerprint density at radius 1 is 1.11 bits per heavy atom. The predicted molar refractivity (Wildman–Crippen MR) is 96.5 cm³/mol. The number of ether oxygens (including phenoxy) is 2. The molecule has 1 heterocycles. The lowest BCUT2D eigenvalue weighted by atomic mass is 10.2. The molecular formula is C20H17FN2O4. The van der Waals surface area contributed by atoms with Crippen LogP contribution in [-0.4, -0.2) is 22.4 Å². The van der Waals surface area contributed by atoms with Crippen LogP contribution in [0.4, 0.5) is 4.39 Å². The summed E-state index contributed by atoms with van der Waals surface area (Å²) < 4.78 is 24.8. The smallest absolute Gasteiger partial charge is 0.362 e. The summed E-state index contributed by atoms with van der Waals surface area (Å²) in [7, 11) is 0. The minimum absolute atomic E-state index is 0.0284. The summed E-state index contributed by atoms with van der Waals surface area (Å²) in [6, 6.07) is 15.7. The van der Waals surface area contributed by atoms with Crippen molar-refractivity contribution in [2.75, 3.05) is 6.61 Å². The van der Waals surface area contributed by atoms with Gasteiger partial charge in [0.2, 0.25) is 5.69 Å². The fraction of sp³-hybridized carbons (Fsp3) is 0.150. The Labute approximate surface area is 154 Å². The fourth-order valence-electron chi connectivity index (χ4n) is 2.39. The monoisotopic (exact) mass is 368 g/mol. The van der Waals surface area contributed by atoms with Gasteiger partial charge < -0.3 is 9.47 Å². The largest absolute Gasteiger partial charge is 0.486 e. The fourth-order valence-corrected chi connectivity index (χ4v) is 2.39. The number of esters is 1. The maximum atomic E-state index is 13.1. The van der Waals surface area contributed by atoms with Gasteiger partial charge in [0.25, 0.3) is 5.56 Å². The molecule has 3 aromatic rings. The number of nitrogens with zero attached hydrogens (tertiary/aromatic N) is 2. The van der Waals surface area contributed by atoms with E-state index in [-0.39, 0.29) is 24.7 Å². The van der Waals surface area contributed by atoms with E-state index < -0.39 is 17.3 Å². The number of rotatable bonds is 6. The van der Waals surface area contributed by atoms with Crippen LogP contribution in [0.1, 0.15) is 23.0 Å². The van der Waals surface area contributed by atoms with Crippen LogP contribution in [0.25, 0.3) is 5.69 Å². The Bertz CT molecular complexity index is 985. The number of halogens is 1. The van der Waals surface area contributed by atoms with E-state index in [0.717, 1.165) is 10.2 Å². The molecule has 6 nitrogen and oxygen atoms in total. The van der Waals surface area contributed by atoms with Gasteiger partial charge in [-0.3, -0.25) is 4.79 Å². The third kappa shape index (κ3) is 4.38. The van der Waals surface area contributed by atoms with Gasteiger partial charge in [0, 0.05) is 0 Å². The van der Waals surface area contributed by atoms with Crippen LogP contribution in [0.3, 0.4) is 0 Å². The molecule has 7 heteroatoms. The summed E-state index contributed by atoms with van der Waals surface area (Å²) in [5, 5.41) is 4.09. The number of hydrogen-bond donors (Lipinski definition) is 0. The average Bonchev–Trinajstić information content (AvgIpc) is 2.68. The zero-order valence-electron chi connectivity index (χ0n) is 14.6. The Kier molecular flexibility index (Phi) is 5.61. The van der Waals surface area contributed by atoms with Gasteiger partial charge in [0.05, 0.1) is 18.4 Å². The van der Waals surface area contributed by atoms with E-state index in [4.69, 9.17) is 9.47 Å². The minimum atomic E-state index is -0.712. The Morgan fingerprint density at radius 2 is 1.81 bits per heavy atom. The van der Waals surface area contributed by atoms with E-state index >= 15 is 0 Å². The maximum absolute atomic E-state index is 13.1. The third-order valence-corrected chi connectivity index (χ3v) is 3.67. The van der Waals surface area contributed by atoms with Crippen LogP contribution in [0.2, 0.25) is 0 Å². The van der Waals surface area contributed by atoms with Crippen molar-refractivity contribution in [3.63, 3.8) is 0 Å². The first kappa shape index (κ1) is 18.3. The van der Waals surface area contributed by atoms with Gasteiger partial charge in [0.15, 0.2) is 5.75 Å². The molecule has 0 amide bonds. The first-order valence-electron chi connectivity index (χ1n) is 8.32. The van der Waals surface area contributed by atoms with E-state index in [2.05, 4.69) is 5.10 Å². The highest BCUT2D eigenvalue weighted by Crippen LogP contribution is 2.18. The zero-order chi connectivity index (χ0) is 19.2. The molecule has 3 rings (SSSR count). The van der Waals surface area contributed by atoms with Crippen LogP contribution >= 0.6 is 0 Å². The molecule has 1 aromatic heterocycles. The average molecular weight is 368 g/mol. The molecule has 27 heavy (non-hydrogen) atoms. The topological polar surface area (TPSA) is 70.4 Å². The van der Waals surface area contributed by atoms with E-state index in [1.807, 2.05) is 30.3 Å². The normalized spacial score (nSPS) is 10.4. The van der Waals surface area contributed by atoms with Crippen molar-refractivity contribution in [2.24, 2.45) is 0 Å². The highest BCUT2D eigenvalue weighted by Gasteiger charge is 2.20. The lowest BCUT2D eigenvalue weighted by molar-refractivity contribution is 0.0511. The molecule has 138 valence electrons. The lowest BCUT2D eigenvalue weighted by Crippen LogP contribution is -2.25. The molecule has 0 saturated carbocycles. The van der Waals surface area contributed by atoms with Crippen molar-refractivity contribution in [1.82, 2.24) is 9.78 Å². The van der Waals surface area contributed by atoms with Gasteiger partial charge >= 0.3 is 5.97 Å². The van der Waals surface area contributed by atoms with E-state index in [1.165, 1.54) is 30.3 Å². The van der Waals surface area contributed by atoms with Gasteiger partial charge in [-0.15, -0.1) is 0 Å². The molecule has 0 unspecified atom stereocenters. The summed E-state index contributed by atoms with van der Waals surface area (Å²) in [5.41, 5.74) is 0.547. The van der Waals surface area contributed by atoms with Crippen LogP contribution in [0.5, 0.6) is 5.75 Å². The Morgan fingerprint density at radius 3 is 2.48 bits per heavy atom. The second-order valence-electron chi connectivity index (χ2n) is 5.58. The van der Waals surface area contributed by atoms with Crippen molar-refractivity contribution in [3.05, 3.63) is 88.1 Å². The summed E-state index contributed by atoms with van der Waals surface area (Å²) in [5.74, 6) is -1.13.